The van der Waals surface area contributed by atoms with Gasteiger partial charge in [-0.25, -0.2) is 13.2 Å². The van der Waals surface area contributed by atoms with E-state index in [0.717, 1.165) is 0 Å². The van der Waals surface area contributed by atoms with Crippen LogP contribution in [0, 0.1) is 0 Å². The van der Waals surface area contributed by atoms with E-state index in [9.17, 15) is 13.2 Å². The zero-order chi connectivity index (χ0) is 14.5. The number of furan rings is 1. The molecule has 1 aromatic heterocycles. The maximum absolute atomic E-state index is 11.3. The first kappa shape index (κ1) is 15.7. The minimum atomic E-state index is -2.98. The molecule has 0 aliphatic heterocycles. The Morgan fingerprint density at radius 2 is 2.16 bits per heavy atom. The summed E-state index contributed by atoms with van der Waals surface area (Å²) in [6, 6.07) is 3.02. The van der Waals surface area contributed by atoms with Gasteiger partial charge in [-0.3, -0.25) is 0 Å². The van der Waals surface area contributed by atoms with Crippen LogP contribution in [0.3, 0.4) is 0 Å². The molecule has 0 radical (unpaired) electrons. The van der Waals surface area contributed by atoms with Crippen LogP contribution >= 0.6 is 0 Å². The molecule has 1 rings (SSSR count). The summed E-state index contributed by atoms with van der Waals surface area (Å²) in [5.74, 6) is 0.378. The molecule has 0 aliphatic carbocycles. The summed E-state index contributed by atoms with van der Waals surface area (Å²) in [5.41, 5.74) is 0. The molecule has 1 heterocycles. The van der Waals surface area contributed by atoms with Crippen LogP contribution in [0.25, 0.3) is 0 Å². The molecule has 1 atom stereocenters. The van der Waals surface area contributed by atoms with Crippen molar-refractivity contribution in [1.82, 2.24) is 5.32 Å². The molecular weight excluding hydrogens is 270 g/mol. The van der Waals surface area contributed by atoms with Crippen molar-refractivity contribution in [3.8, 4) is 0 Å². The van der Waals surface area contributed by atoms with Crippen molar-refractivity contribution >= 4 is 15.8 Å². The Balaban J connectivity index is 2.52. The second-order valence-electron chi connectivity index (χ2n) is 4.11. The molecule has 0 aliphatic rings. The Morgan fingerprint density at radius 3 is 2.74 bits per heavy atom. The van der Waals surface area contributed by atoms with Crippen molar-refractivity contribution in [2.45, 2.75) is 19.9 Å². The molecule has 0 saturated heterocycles. The normalized spacial score (nSPS) is 13.2. The number of sulfone groups is 1. The highest BCUT2D eigenvalue weighted by atomic mass is 32.2. The molecule has 7 heteroatoms. The monoisotopic (exact) mass is 289 g/mol. The fraction of sp³-hybridized carbons (Fsp3) is 0.583. The number of rotatable bonds is 7. The quantitative estimate of drug-likeness (QED) is 0.758. The molecule has 0 aromatic carbocycles. The molecule has 0 spiro atoms. The molecule has 0 bridgehead atoms. The van der Waals surface area contributed by atoms with Crippen LogP contribution in [0.1, 0.15) is 36.2 Å². The minimum Gasteiger partial charge on any atom is -0.463 e. The smallest absolute Gasteiger partial charge is 0.373 e. The summed E-state index contributed by atoms with van der Waals surface area (Å²) >= 11 is 0. The molecule has 108 valence electrons. The van der Waals surface area contributed by atoms with E-state index in [2.05, 4.69) is 10.1 Å². The highest BCUT2D eigenvalue weighted by Crippen LogP contribution is 2.16. The summed E-state index contributed by atoms with van der Waals surface area (Å²) in [7, 11) is -1.70. The fourth-order valence-electron chi connectivity index (χ4n) is 1.47. The summed E-state index contributed by atoms with van der Waals surface area (Å²) in [5, 5.41) is 3.03. The lowest BCUT2D eigenvalue weighted by Gasteiger charge is -2.10. The van der Waals surface area contributed by atoms with Gasteiger partial charge < -0.3 is 14.5 Å². The number of carbonyl (C=O) groups excluding carboxylic acids is 1. The van der Waals surface area contributed by atoms with E-state index in [1.807, 2.05) is 6.92 Å². The zero-order valence-corrected chi connectivity index (χ0v) is 12.1. The van der Waals surface area contributed by atoms with Gasteiger partial charge >= 0.3 is 5.97 Å². The van der Waals surface area contributed by atoms with Crippen LogP contribution in [0.5, 0.6) is 0 Å². The average Bonchev–Trinajstić information content (AvgIpc) is 2.87. The Labute approximate surface area is 113 Å². The fourth-order valence-corrected chi connectivity index (χ4v) is 2.19. The number of nitrogens with one attached hydrogen (secondary N) is 1. The van der Waals surface area contributed by atoms with Crippen molar-refractivity contribution in [2.75, 3.05) is 25.2 Å². The van der Waals surface area contributed by atoms with Crippen LogP contribution in [0.15, 0.2) is 16.5 Å². The highest BCUT2D eigenvalue weighted by molar-refractivity contribution is 7.91. The van der Waals surface area contributed by atoms with Crippen LogP contribution in [0.2, 0.25) is 0 Å². The van der Waals surface area contributed by atoms with E-state index in [-0.39, 0.29) is 23.3 Å². The third kappa shape index (κ3) is 4.68. The first-order valence-corrected chi connectivity index (χ1v) is 7.83. The Hall–Kier alpha value is -1.34. The minimum absolute atomic E-state index is 0.0818. The van der Waals surface area contributed by atoms with Gasteiger partial charge in [-0.05, 0) is 19.1 Å². The number of carbonyl (C=O) groups is 1. The lowest BCUT2D eigenvalue weighted by Crippen LogP contribution is -2.26. The first-order chi connectivity index (χ1) is 8.89. The first-order valence-electron chi connectivity index (χ1n) is 6.01. The molecule has 1 aromatic rings. The maximum atomic E-state index is 11.3. The Morgan fingerprint density at radius 1 is 1.47 bits per heavy atom. The maximum Gasteiger partial charge on any atom is 0.373 e. The van der Waals surface area contributed by atoms with Gasteiger partial charge in [0.15, 0.2) is 9.84 Å². The molecule has 19 heavy (non-hydrogen) atoms. The van der Waals surface area contributed by atoms with Crippen LogP contribution in [-0.2, 0) is 14.6 Å². The lowest BCUT2D eigenvalue weighted by molar-refractivity contribution is 0.0562. The van der Waals surface area contributed by atoms with E-state index >= 15 is 0 Å². The summed E-state index contributed by atoms with van der Waals surface area (Å²) in [6.45, 7) is 3.79. The second kappa shape index (κ2) is 6.72. The van der Waals surface area contributed by atoms with Gasteiger partial charge in [0.25, 0.3) is 0 Å². The lowest BCUT2D eigenvalue weighted by atomic mass is 10.2. The number of hydrogen-bond donors (Lipinski definition) is 1. The van der Waals surface area contributed by atoms with Gasteiger partial charge in [-0.15, -0.1) is 0 Å². The van der Waals surface area contributed by atoms with Crippen LogP contribution in [0.4, 0.5) is 0 Å². The van der Waals surface area contributed by atoms with Crippen molar-refractivity contribution in [3.05, 3.63) is 23.7 Å². The highest BCUT2D eigenvalue weighted by Gasteiger charge is 2.15. The van der Waals surface area contributed by atoms with Crippen LogP contribution < -0.4 is 5.32 Å². The van der Waals surface area contributed by atoms with Crippen LogP contribution in [-0.4, -0.2) is 39.5 Å². The molecule has 6 nitrogen and oxygen atoms in total. The average molecular weight is 289 g/mol. The Bertz CT molecular complexity index is 520. The predicted octanol–water partition coefficient (Wildman–Crippen LogP) is 1.15. The number of methoxy groups -OCH3 is 1. The second-order valence-corrected chi connectivity index (χ2v) is 6.58. The van der Waals surface area contributed by atoms with Crippen molar-refractivity contribution in [3.63, 3.8) is 0 Å². The predicted molar refractivity (Wildman–Crippen MR) is 70.8 cm³/mol. The molecule has 0 amide bonds. The van der Waals surface area contributed by atoms with Gasteiger partial charge in [0.1, 0.15) is 5.76 Å². The molecule has 0 fully saturated rings. The molecule has 0 saturated carbocycles. The van der Waals surface area contributed by atoms with Gasteiger partial charge in [-0.2, -0.15) is 0 Å². The van der Waals surface area contributed by atoms with Gasteiger partial charge in [0.05, 0.1) is 18.9 Å². The van der Waals surface area contributed by atoms with Gasteiger partial charge in [-0.1, -0.05) is 6.92 Å². The summed E-state index contributed by atoms with van der Waals surface area (Å²) in [6.07, 6.45) is 0. The van der Waals surface area contributed by atoms with Gasteiger partial charge in [0.2, 0.25) is 5.76 Å². The van der Waals surface area contributed by atoms with E-state index in [4.69, 9.17) is 4.42 Å². The van der Waals surface area contributed by atoms with E-state index < -0.39 is 15.8 Å². The summed E-state index contributed by atoms with van der Waals surface area (Å²) < 4.78 is 32.5. The van der Waals surface area contributed by atoms with E-state index in [0.29, 0.717) is 12.3 Å². The third-order valence-corrected chi connectivity index (χ3v) is 4.45. The summed E-state index contributed by atoms with van der Waals surface area (Å²) in [4.78, 5) is 11.2. The van der Waals surface area contributed by atoms with E-state index in [1.165, 1.54) is 13.2 Å². The van der Waals surface area contributed by atoms with Gasteiger partial charge in [0, 0.05) is 12.3 Å². The van der Waals surface area contributed by atoms with Crippen molar-refractivity contribution in [1.29, 1.82) is 0 Å². The number of ether oxygens (including phenoxy) is 1. The van der Waals surface area contributed by atoms with Crippen molar-refractivity contribution in [2.24, 2.45) is 0 Å². The standard InChI is InChI=1S/C12H19NO5S/c1-4-19(15,16)8-7-13-9(2)10-5-6-11(18-10)12(14)17-3/h5-6,9,13H,4,7-8H2,1-3H3. The Kier molecular flexibility index (Phi) is 5.56. The zero-order valence-electron chi connectivity index (χ0n) is 11.3. The SMILES string of the molecule is CCS(=O)(=O)CCNC(C)c1ccc(C(=O)OC)o1. The largest absolute Gasteiger partial charge is 0.463 e. The molecule has 1 unspecified atom stereocenters. The van der Waals surface area contributed by atoms with Crippen molar-refractivity contribution < 1.29 is 22.4 Å². The van der Waals surface area contributed by atoms with E-state index in [1.54, 1.807) is 13.0 Å². The number of hydrogen-bond acceptors (Lipinski definition) is 6. The third-order valence-electron chi connectivity index (χ3n) is 2.74. The molecular formula is C12H19NO5S. The number of esters is 1. The topological polar surface area (TPSA) is 85.6 Å². The molecule has 1 N–H and O–H groups in total.